The van der Waals surface area contributed by atoms with Gasteiger partial charge in [0.25, 0.3) is 11.8 Å². The summed E-state index contributed by atoms with van der Waals surface area (Å²) in [4.78, 5) is 38.2. The van der Waals surface area contributed by atoms with Crippen LogP contribution in [-0.2, 0) is 14.3 Å². The van der Waals surface area contributed by atoms with Gasteiger partial charge in [0.2, 0.25) is 0 Å². The van der Waals surface area contributed by atoms with Crippen LogP contribution in [-0.4, -0.2) is 30.1 Å². The number of carbonyl (C=O) groups is 3. The van der Waals surface area contributed by atoms with Crippen molar-refractivity contribution in [3.63, 3.8) is 0 Å². The van der Waals surface area contributed by atoms with Crippen molar-refractivity contribution in [1.29, 1.82) is 0 Å². The Labute approximate surface area is 207 Å². The molecule has 6 nitrogen and oxygen atoms in total. The molecule has 174 valence electrons. The van der Waals surface area contributed by atoms with E-state index >= 15 is 0 Å². The quantitative estimate of drug-likeness (QED) is 0.236. The summed E-state index contributed by atoms with van der Waals surface area (Å²) in [5.41, 5.74) is 1.71. The Bertz CT molecular complexity index is 1180. The van der Waals surface area contributed by atoms with Crippen LogP contribution in [0.1, 0.15) is 22.8 Å². The highest BCUT2D eigenvalue weighted by Gasteiger charge is 2.15. The number of thioether (sulfide) groups is 1. The number of carbonyl (C=O) groups excluding carboxylic acids is 3. The molecule has 0 aliphatic carbocycles. The highest BCUT2D eigenvalue weighted by atomic mass is 35.5. The van der Waals surface area contributed by atoms with Crippen LogP contribution in [0, 0.1) is 0 Å². The van der Waals surface area contributed by atoms with Crippen molar-refractivity contribution < 1.29 is 19.1 Å². The highest BCUT2D eigenvalue weighted by Crippen LogP contribution is 2.22. The van der Waals surface area contributed by atoms with Gasteiger partial charge in [-0.05, 0) is 61.0 Å². The number of benzene rings is 3. The van der Waals surface area contributed by atoms with Crippen LogP contribution >= 0.6 is 23.4 Å². The first kappa shape index (κ1) is 25.1. The van der Waals surface area contributed by atoms with Gasteiger partial charge in [-0.2, -0.15) is 0 Å². The Hall–Kier alpha value is -3.55. The molecule has 0 atom stereocenters. The van der Waals surface area contributed by atoms with E-state index in [1.54, 1.807) is 85.8 Å². The summed E-state index contributed by atoms with van der Waals surface area (Å²) >= 11 is 7.27. The minimum Gasteiger partial charge on any atom is -0.465 e. The van der Waals surface area contributed by atoms with Crippen molar-refractivity contribution in [3.05, 3.63) is 101 Å². The van der Waals surface area contributed by atoms with Gasteiger partial charge in [0.1, 0.15) is 5.70 Å². The monoisotopic (exact) mass is 494 g/mol. The van der Waals surface area contributed by atoms with E-state index in [0.29, 0.717) is 28.4 Å². The molecule has 0 saturated carbocycles. The van der Waals surface area contributed by atoms with Gasteiger partial charge in [-0.1, -0.05) is 48.0 Å². The Morgan fingerprint density at radius 1 is 0.971 bits per heavy atom. The molecule has 0 radical (unpaired) electrons. The number of nitrogens with one attached hydrogen (secondary N) is 2. The zero-order valence-electron chi connectivity index (χ0n) is 18.4. The van der Waals surface area contributed by atoms with Gasteiger partial charge in [-0.3, -0.25) is 14.4 Å². The molecular formula is C26H23ClN2O4S. The molecule has 0 spiro atoms. The molecule has 2 amide bonds. The average Bonchev–Trinajstić information content (AvgIpc) is 2.84. The summed E-state index contributed by atoms with van der Waals surface area (Å²) in [6.07, 6.45) is 1.58. The smallest absolute Gasteiger partial charge is 0.316 e. The van der Waals surface area contributed by atoms with E-state index in [-0.39, 0.29) is 17.4 Å². The van der Waals surface area contributed by atoms with E-state index in [9.17, 15) is 14.4 Å². The van der Waals surface area contributed by atoms with E-state index < -0.39 is 11.8 Å². The van der Waals surface area contributed by atoms with Gasteiger partial charge in [0, 0.05) is 21.2 Å². The number of esters is 1. The maximum absolute atomic E-state index is 13.1. The van der Waals surface area contributed by atoms with Gasteiger partial charge in [-0.15, -0.1) is 11.8 Å². The summed E-state index contributed by atoms with van der Waals surface area (Å²) in [6, 6.07) is 22.6. The first-order valence-corrected chi connectivity index (χ1v) is 11.8. The molecule has 0 bridgehead atoms. The molecule has 3 rings (SSSR count). The van der Waals surface area contributed by atoms with E-state index in [1.165, 1.54) is 11.8 Å². The van der Waals surface area contributed by atoms with Crippen LogP contribution in [0.25, 0.3) is 6.08 Å². The minimum atomic E-state index is -0.494. The van der Waals surface area contributed by atoms with Crippen LogP contribution in [0.3, 0.4) is 0 Å². The second-order valence-electron chi connectivity index (χ2n) is 7.01. The lowest BCUT2D eigenvalue weighted by Crippen LogP contribution is -2.30. The number of rotatable bonds is 9. The number of halogens is 1. The summed E-state index contributed by atoms with van der Waals surface area (Å²) in [5, 5.41) is 6.07. The largest absolute Gasteiger partial charge is 0.465 e. The van der Waals surface area contributed by atoms with E-state index in [2.05, 4.69) is 10.6 Å². The van der Waals surface area contributed by atoms with Crippen LogP contribution in [0.4, 0.5) is 5.69 Å². The topological polar surface area (TPSA) is 84.5 Å². The van der Waals surface area contributed by atoms with Gasteiger partial charge in [0.05, 0.1) is 12.4 Å². The lowest BCUT2D eigenvalue weighted by Gasteiger charge is -2.12. The summed E-state index contributed by atoms with van der Waals surface area (Å²) in [7, 11) is 0. The lowest BCUT2D eigenvalue weighted by atomic mass is 10.1. The van der Waals surface area contributed by atoms with Crippen molar-refractivity contribution in [2.75, 3.05) is 17.7 Å². The maximum Gasteiger partial charge on any atom is 0.316 e. The van der Waals surface area contributed by atoms with Gasteiger partial charge >= 0.3 is 5.97 Å². The fourth-order valence-electron chi connectivity index (χ4n) is 2.88. The Balaban J connectivity index is 1.78. The first-order chi connectivity index (χ1) is 16.4. The third-order valence-corrected chi connectivity index (χ3v) is 5.68. The molecule has 2 N–H and O–H groups in total. The summed E-state index contributed by atoms with van der Waals surface area (Å²) in [5.74, 6) is -1.04. The molecule has 0 aromatic heterocycles. The molecule has 0 heterocycles. The predicted octanol–water partition coefficient (Wildman–Crippen LogP) is 5.40. The fourth-order valence-corrected chi connectivity index (χ4v) is 3.75. The van der Waals surface area contributed by atoms with Crippen molar-refractivity contribution in [2.45, 2.75) is 11.8 Å². The van der Waals surface area contributed by atoms with Gasteiger partial charge in [-0.25, -0.2) is 0 Å². The Kier molecular flexibility index (Phi) is 9.31. The van der Waals surface area contributed by atoms with E-state index in [0.717, 1.165) is 4.90 Å². The number of amides is 2. The molecule has 8 heteroatoms. The van der Waals surface area contributed by atoms with Crippen LogP contribution in [0.5, 0.6) is 0 Å². The molecule has 0 aliphatic rings. The van der Waals surface area contributed by atoms with E-state index in [1.807, 2.05) is 6.07 Å². The molecule has 0 fully saturated rings. The molecule has 0 saturated heterocycles. The van der Waals surface area contributed by atoms with Gasteiger partial charge in [0.15, 0.2) is 0 Å². The lowest BCUT2D eigenvalue weighted by molar-refractivity contribution is -0.139. The average molecular weight is 495 g/mol. The molecular weight excluding hydrogens is 472 g/mol. The highest BCUT2D eigenvalue weighted by molar-refractivity contribution is 8.00. The number of hydrogen-bond donors (Lipinski definition) is 2. The Morgan fingerprint density at radius 3 is 2.41 bits per heavy atom. The van der Waals surface area contributed by atoms with Crippen molar-refractivity contribution in [2.24, 2.45) is 0 Å². The Morgan fingerprint density at radius 2 is 1.71 bits per heavy atom. The third-order valence-electron chi connectivity index (χ3n) is 4.46. The number of hydrogen-bond acceptors (Lipinski definition) is 5. The SMILES string of the molecule is CCOC(=O)CSc1cccc(NC(=O)/C(=C\c2ccc(Cl)cc2)NC(=O)c2ccccc2)c1. The standard InChI is InChI=1S/C26H23ClN2O4S/c1-2-33-24(30)17-34-22-10-6-9-21(16-22)28-26(32)23(15-18-11-13-20(27)14-12-18)29-25(31)19-7-4-3-5-8-19/h3-16H,2,17H2,1H3,(H,28,32)(H,29,31)/b23-15+. The van der Waals surface area contributed by atoms with Crippen LogP contribution in [0.2, 0.25) is 5.02 Å². The second kappa shape index (κ2) is 12.6. The van der Waals surface area contributed by atoms with Crippen molar-refractivity contribution in [1.82, 2.24) is 5.32 Å². The number of anilines is 1. The normalized spacial score (nSPS) is 10.9. The second-order valence-corrected chi connectivity index (χ2v) is 8.49. The van der Waals surface area contributed by atoms with Crippen molar-refractivity contribution >= 4 is 52.9 Å². The molecule has 0 unspecified atom stereocenters. The maximum atomic E-state index is 13.1. The zero-order chi connectivity index (χ0) is 24.3. The van der Waals surface area contributed by atoms with E-state index in [4.69, 9.17) is 16.3 Å². The van der Waals surface area contributed by atoms with Crippen molar-refractivity contribution in [3.8, 4) is 0 Å². The minimum absolute atomic E-state index is 0.0701. The third kappa shape index (κ3) is 7.79. The molecule has 3 aromatic rings. The molecule has 34 heavy (non-hydrogen) atoms. The fraction of sp³-hybridized carbons (Fsp3) is 0.115. The zero-order valence-corrected chi connectivity index (χ0v) is 20.0. The molecule has 3 aromatic carbocycles. The number of ether oxygens (including phenoxy) is 1. The van der Waals surface area contributed by atoms with Gasteiger partial charge < -0.3 is 15.4 Å². The van der Waals surface area contributed by atoms with Crippen LogP contribution < -0.4 is 10.6 Å². The summed E-state index contributed by atoms with van der Waals surface area (Å²) < 4.78 is 4.94. The predicted molar refractivity (Wildman–Crippen MR) is 136 cm³/mol. The molecule has 0 aliphatic heterocycles. The van der Waals surface area contributed by atoms with Crippen LogP contribution in [0.15, 0.2) is 89.5 Å². The summed E-state index contributed by atoms with van der Waals surface area (Å²) in [6.45, 7) is 2.08. The first-order valence-electron chi connectivity index (χ1n) is 10.5.